The fourth-order valence-electron chi connectivity index (χ4n) is 2.87. The topological polar surface area (TPSA) is 68.0 Å². The van der Waals surface area contributed by atoms with Crippen LogP contribution in [0.4, 0.5) is 24.7 Å². The first-order valence-electron chi connectivity index (χ1n) is 8.57. The molecule has 0 unspecified atom stereocenters. The smallest absolute Gasteiger partial charge is 0.280 e. The molecule has 4 aromatic heterocycles. The molecule has 0 atom stereocenters. The molecule has 4 aromatic rings. The van der Waals surface area contributed by atoms with E-state index in [1.807, 2.05) is 13.9 Å². The van der Waals surface area contributed by atoms with Gasteiger partial charge < -0.3 is 5.32 Å². The van der Waals surface area contributed by atoms with Gasteiger partial charge in [-0.25, -0.2) is 27.7 Å². The predicted octanol–water partition coefficient (Wildman–Crippen LogP) is 3.14. The first-order chi connectivity index (χ1) is 13.6. The average molecular weight is 382 g/mol. The number of alkyl halides is 2. The predicted molar refractivity (Wildman–Crippen MR) is 101 cm³/mol. The molecule has 1 N–H and O–H groups in total. The molecule has 0 saturated heterocycles. The van der Waals surface area contributed by atoms with Crippen LogP contribution in [0.2, 0.25) is 0 Å². The molecule has 10 heteroatoms. The Morgan fingerprint density at radius 2 is 2.00 bits per heavy atom. The van der Waals surface area contributed by atoms with Crippen molar-refractivity contribution in [1.82, 2.24) is 24.6 Å². The summed E-state index contributed by atoms with van der Waals surface area (Å²) < 4.78 is 41.7. The minimum atomic E-state index is -2.70. The van der Waals surface area contributed by atoms with Crippen LogP contribution in [0.5, 0.6) is 0 Å². The van der Waals surface area contributed by atoms with Crippen molar-refractivity contribution in [2.45, 2.75) is 12.7 Å². The molecule has 0 bridgehead atoms. The molecule has 0 aliphatic rings. The largest absolute Gasteiger partial charge is 0.336 e. The standard InChI is InChI=1S/C18H14BF3N6/c19-8-10-5-7-28-15(10)18(25-12-4-6-23-9-11(12)20)26-17(27-28)14-3-1-2-13(24-14)16(21)22/h1-7,9,16H,8,19H2,(H,23,25,26,27). The molecule has 0 aromatic carbocycles. The number of hydrogen-bond acceptors (Lipinski definition) is 5. The van der Waals surface area contributed by atoms with Gasteiger partial charge in [-0.1, -0.05) is 12.4 Å². The average Bonchev–Trinajstić information content (AvgIpc) is 3.13. The van der Waals surface area contributed by atoms with Gasteiger partial charge >= 0.3 is 0 Å². The van der Waals surface area contributed by atoms with Crippen molar-refractivity contribution in [1.29, 1.82) is 0 Å². The maximum Gasteiger partial charge on any atom is 0.280 e. The zero-order valence-electron chi connectivity index (χ0n) is 14.8. The van der Waals surface area contributed by atoms with Crippen molar-refractivity contribution in [3.05, 3.63) is 66.0 Å². The van der Waals surface area contributed by atoms with Crippen LogP contribution in [0.25, 0.3) is 17.0 Å². The van der Waals surface area contributed by atoms with E-state index in [2.05, 4.69) is 25.4 Å². The number of nitrogens with zero attached hydrogens (tertiary/aromatic N) is 5. The van der Waals surface area contributed by atoms with E-state index in [-0.39, 0.29) is 22.9 Å². The first-order valence-corrected chi connectivity index (χ1v) is 8.57. The molecule has 28 heavy (non-hydrogen) atoms. The van der Waals surface area contributed by atoms with Crippen LogP contribution in [0.3, 0.4) is 0 Å². The molecule has 0 aliphatic heterocycles. The molecule has 140 valence electrons. The molecule has 6 nitrogen and oxygen atoms in total. The van der Waals surface area contributed by atoms with E-state index in [4.69, 9.17) is 0 Å². The number of rotatable bonds is 5. The van der Waals surface area contributed by atoms with Crippen LogP contribution < -0.4 is 5.32 Å². The van der Waals surface area contributed by atoms with Crippen LogP contribution in [0, 0.1) is 5.82 Å². The van der Waals surface area contributed by atoms with E-state index >= 15 is 0 Å². The first kappa shape index (κ1) is 18.0. The highest BCUT2D eigenvalue weighted by Crippen LogP contribution is 2.27. The van der Waals surface area contributed by atoms with Crippen molar-refractivity contribution in [3.63, 3.8) is 0 Å². The summed E-state index contributed by atoms with van der Waals surface area (Å²) in [4.78, 5) is 12.1. The summed E-state index contributed by atoms with van der Waals surface area (Å²) in [5.74, 6) is -0.0466. The second-order valence-corrected chi connectivity index (χ2v) is 6.00. The van der Waals surface area contributed by atoms with Crippen LogP contribution in [0.15, 0.2) is 48.9 Å². The molecule has 0 radical (unpaired) electrons. The highest BCUT2D eigenvalue weighted by atomic mass is 19.3. The van der Waals surface area contributed by atoms with E-state index in [1.54, 1.807) is 16.8 Å². The SMILES string of the molecule is BCc1ccn2nc(-c3cccc(C(F)F)n3)nc(Nc3ccncc3F)c12. The second-order valence-electron chi connectivity index (χ2n) is 6.00. The summed E-state index contributed by atoms with van der Waals surface area (Å²) in [6, 6.07) is 7.63. The number of hydrogen-bond donors (Lipinski definition) is 1. The lowest BCUT2D eigenvalue weighted by atomic mass is 9.98. The maximum absolute atomic E-state index is 14.1. The molecule has 0 spiro atoms. The Morgan fingerprint density at radius 3 is 2.75 bits per heavy atom. The van der Waals surface area contributed by atoms with Crippen molar-refractivity contribution >= 4 is 24.9 Å². The molecule has 4 heterocycles. The third-order valence-electron chi connectivity index (χ3n) is 4.22. The van der Waals surface area contributed by atoms with Gasteiger partial charge in [0, 0.05) is 12.4 Å². The Labute approximate surface area is 158 Å². The van der Waals surface area contributed by atoms with Gasteiger partial charge in [-0.2, -0.15) is 0 Å². The van der Waals surface area contributed by atoms with Crippen LogP contribution >= 0.6 is 0 Å². The van der Waals surface area contributed by atoms with Crippen molar-refractivity contribution < 1.29 is 13.2 Å². The Hall–Kier alpha value is -3.43. The molecule has 0 fully saturated rings. The van der Waals surface area contributed by atoms with Gasteiger partial charge in [0.1, 0.15) is 24.8 Å². The summed E-state index contributed by atoms with van der Waals surface area (Å²) in [5, 5.41) is 7.35. The Bertz CT molecular complexity index is 1150. The van der Waals surface area contributed by atoms with E-state index in [0.29, 0.717) is 17.7 Å². The summed E-state index contributed by atoms with van der Waals surface area (Å²) in [6.07, 6.45) is 2.30. The van der Waals surface area contributed by atoms with E-state index < -0.39 is 12.2 Å². The van der Waals surface area contributed by atoms with Gasteiger partial charge in [-0.05, 0) is 29.8 Å². The lowest BCUT2D eigenvalue weighted by molar-refractivity contribution is 0.146. The van der Waals surface area contributed by atoms with Crippen molar-refractivity contribution in [2.24, 2.45) is 0 Å². The minimum absolute atomic E-state index is 0.144. The normalized spacial score (nSPS) is 11.3. The summed E-state index contributed by atoms with van der Waals surface area (Å²) >= 11 is 0. The fourth-order valence-corrected chi connectivity index (χ4v) is 2.87. The number of pyridine rings is 2. The molecule has 0 amide bonds. The summed E-state index contributed by atoms with van der Waals surface area (Å²) in [5.41, 5.74) is 1.66. The number of anilines is 2. The third kappa shape index (κ3) is 3.28. The Kier molecular flexibility index (Phi) is 4.68. The third-order valence-corrected chi connectivity index (χ3v) is 4.22. The fraction of sp³-hybridized carbons (Fsp3) is 0.111. The van der Waals surface area contributed by atoms with Gasteiger partial charge in [0.05, 0.1) is 11.9 Å². The second kappa shape index (κ2) is 7.30. The molecular formula is C18H14BF3N6. The Morgan fingerprint density at radius 1 is 1.14 bits per heavy atom. The monoisotopic (exact) mass is 382 g/mol. The van der Waals surface area contributed by atoms with Gasteiger partial charge in [0.2, 0.25) is 5.82 Å². The van der Waals surface area contributed by atoms with Crippen LogP contribution in [0.1, 0.15) is 17.7 Å². The lowest BCUT2D eigenvalue weighted by Gasteiger charge is -2.11. The highest BCUT2D eigenvalue weighted by molar-refractivity contribution is 6.09. The van der Waals surface area contributed by atoms with E-state index in [1.165, 1.54) is 24.4 Å². The number of halogens is 3. The number of fused-ring (bicyclic) bond motifs is 1. The van der Waals surface area contributed by atoms with Crippen molar-refractivity contribution in [3.8, 4) is 11.5 Å². The highest BCUT2D eigenvalue weighted by Gasteiger charge is 2.17. The van der Waals surface area contributed by atoms with Gasteiger partial charge in [-0.15, -0.1) is 5.10 Å². The number of aromatic nitrogens is 5. The zero-order chi connectivity index (χ0) is 19.7. The molecule has 4 rings (SSSR count). The van der Waals surface area contributed by atoms with Gasteiger partial charge in [0.15, 0.2) is 11.6 Å². The number of nitrogens with one attached hydrogen (secondary N) is 1. The lowest BCUT2D eigenvalue weighted by Crippen LogP contribution is -2.06. The summed E-state index contributed by atoms with van der Waals surface area (Å²) in [6.45, 7) is 0. The van der Waals surface area contributed by atoms with Gasteiger partial charge in [-0.3, -0.25) is 4.98 Å². The Balaban J connectivity index is 1.88. The van der Waals surface area contributed by atoms with Crippen LogP contribution in [-0.2, 0) is 6.32 Å². The van der Waals surface area contributed by atoms with E-state index in [9.17, 15) is 13.2 Å². The van der Waals surface area contributed by atoms with Gasteiger partial charge in [0.25, 0.3) is 6.43 Å². The zero-order valence-corrected chi connectivity index (χ0v) is 14.8. The quantitative estimate of drug-likeness (QED) is 0.538. The minimum Gasteiger partial charge on any atom is -0.336 e. The molecular weight excluding hydrogens is 368 g/mol. The molecule has 0 aliphatic carbocycles. The maximum atomic E-state index is 14.1. The summed E-state index contributed by atoms with van der Waals surface area (Å²) in [7, 11) is 1.98. The van der Waals surface area contributed by atoms with Crippen molar-refractivity contribution in [2.75, 3.05) is 5.32 Å². The van der Waals surface area contributed by atoms with E-state index in [0.717, 1.165) is 11.8 Å². The van der Waals surface area contributed by atoms with Crippen LogP contribution in [-0.4, -0.2) is 32.4 Å². The molecule has 0 saturated carbocycles.